The molecule has 0 unspecified atom stereocenters. The number of rotatable bonds is 4. The van der Waals surface area contributed by atoms with Gasteiger partial charge in [-0.2, -0.15) is 0 Å². The monoisotopic (exact) mass is 285 g/mol. The molecule has 0 bridgehead atoms. The van der Waals surface area contributed by atoms with E-state index in [-0.39, 0.29) is 12.6 Å². The highest BCUT2D eigenvalue weighted by Crippen LogP contribution is 2.12. The minimum Gasteiger partial charge on any atom is -0.452 e. The summed E-state index contributed by atoms with van der Waals surface area (Å²) in [6.07, 6.45) is 2.55. The number of carbonyl (C=O) groups excluding carboxylic acids is 2. The third-order valence-corrected chi connectivity index (χ3v) is 2.79. The van der Waals surface area contributed by atoms with Gasteiger partial charge in [0.1, 0.15) is 6.67 Å². The first-order chi connectivity index (χ1) is 10.2. The second-order valence-electron chi connectivity index (χ2n) is 4.14. The number of benzene rings is 1. The van der Waals surface area contributed by atoms with Gasteiger partial charge in [0.25, 0.3) is 5.91 Å². The van der Waals surface area contributed by atoms with Gasteiger partial charge >= 0.3 is 6.09 Å². The minimum absolute atomic E-state index is 0.00784. The van der Waals surface area contributed by atoms with Gasteiger partial charge < -0.3 is 10.1 Å². The van der Waals surface area contributed by atoms with Crippen molar-refractivity contribution in [1.29, 1.82) is 0 Å². The lowest BCUT2D eigenvalue weighted by Gasteiger charge is -2.21. The smallest absolute Gasteiger partial charge is 0.415 e. The van der Waals surface area contributed by atoms with E-state index in [1.165, 1.54) is 18.2 Å². The van der Waals surface area contributed by atoms with Gasteiger partial charge in [0.05, 0.1) is 19.0 Å². The van der Waals surface area contributed by atoms with Crippen molar-refractivity contribution in [3.05, 3.63) is 60.4 Å². The van der Waals surface area contributed by atoms with Crippen molar-refractivity contribution in [3.63, 3.8) is 0 Å². The Morgan fingerprint density at radius 2 is 1.95 bits per heavy atom. The highest BCUT2D eigenvalue weighted by molar-refractivity contribution is 5.95. The van der Waals surface area contributed by atoms with Crippen LogP contribution in [0.3, 0.4) is 0 Å². The maximum Gasteiger partial charge on any atom is 0.415 e. The Bertz CT molecular complexity index is 602. The number of pyridine rings is 1. The van der Waals surface area contributed by atoms with Crippen molar-refractivity contribution >= 4 is 17.7 Å². The predicted octanol–water partition coefficient (Wildman–Crippen LogP) is 2.04. The number of carbonyl (C=O) groups is 2. The molecule has 6 heteroatoms. The van der Waals surface area contributed by atoms with E-state index in [2.05, 4.69) is 10.3 Å². The number of hydrogen-bond acceptors (Lipinski definition) is 4. The fourth-order valence-corrected chi connectivity index (χ4v) is 1.73. The van der Waals surface area contributed by atoms with Crippen molar-refractivity contribution in [2.45, 2.75) is 0 Å². The molecule has 0 fully saturated rings. The molecular formula is C15H15N3O3. The first kappa shape index (κ1) is 14.5. The normalized spacial score (nSPS) is 9.76. The Kier molecular flexibility index (Phi) is 4.87. The van der Waals surface area contributed by atoms with Gasteiger partial charge in [-0.05, 0) is 24.3 Å². The summed E-state index contributed by atoms with van der Waals surface area (Å²) < 4.78 is 4.71. The van der Waals surface area contributed by atoms with E-state index in [9.17, 15) is 9.59 Å². The molecule has 108 valence electrons. The average Bonchev–Trinajstić information content (AvgIpc) is 2.56. The number of ether oxygens (including phenoxy) is 1. The summed E-state index contributed by atoms with van der Waals surface area (Å²) in [5, 5.41) is 2.67. The summed E-state index contributed by atoms with van der Waals surface area (Å²) in [5.41, 5.74) is 1.06. The van der Waals surface area contributed by atoms with Crippen LogP contribution in [-0.4, -0.2) is 30.8 Å². The number of nitrogens with one attached hydrogen (secondary N) is 1. The standard InChI is InChI=1S/C15H15N3O3/c1-21-15(20)18(13-8-5-9-16-10-13)11-17-14(19)12-6-3-2-4-7-12/h2-10H,11H2,1H3,(H,17,19). The molecule has 0 saturated heterocycles. The van der Waals surface area contributed by atoms with E-state index in [0.717, 1.165) is 0 Å². The lowest BCUT2D eigenvalue weighted by molar-refractivity contribution is 0.0953. The topological polar surface area (TPSA) is 71.5 Å². The van der Waals surface area contributed by atoms with Crippen LogP contribution in [0.2, 0.25) is 0 Å². The second-order valence-corrected chi connectivity index (χ2v) is 4.14. The van der Waals surface area contributed by atoms with E-state index in [4.69, 9.17) is 4.74 Å². The fourth-order valence-electron chi connectivity index (χ4n) is 1.73. The summed E-state index contributed by atoms with van der Waals surface area (Å²) in [7, 11) is 1.28. The van der Waals surface area contributed by atoms with Gasteiger partial charge in [-0.1, -0.05) is 18.2 Å². The molecule has 0 aliphatic carbocycles. The summed E-state index contributed by atoms with van der Waals surface area (Å²) in [5.74, 6) is -0.270. The Morgan fingerprint density at radius 3 is 2.57 bits per heavy atom. The van der Waals surface area contributed by atoms with E-state index < -0.39 is 6.09 Å². The second kappa shape index (κ2) is 7.04. The highest BCUT2D eigenvalue weighted by atomic mass is 16.5. The van der Waals surface area contributed by atoms with E-state index in [1.54, 1.807) is 42.6 Å². The first-order valence-electron chi connectivity index (χ1n) is 6.31. The van der Waals surface area contributed by atoms with Crippen LogP contribution in [0.1, 0.15) is 10.4 Å². The molecule has 1 aromatic carbocycles. The number of hydrogen-bond donors (Lipinski definition) is 1. The van der Waals surface area contributed by atoms with Crippen molar-refractivity contribution in [2.75, 3.05) is 18.7 Å². The first-order valence-corrected chi connectivity index (χ1v) is 6.31. The Balaban J connectivity index is 2.07. The molecule has 0 spiro atoms. The van der Waals surface area contributed by atoms with Gasteiger partial charge in [0, 0.05) is 11.8 Å². The lowest BCUT2D eigenvalue weighted by atomic mass is 10.2. The van der Waals surface area contributed by atoms with Crippen LogP contribution in [0.25, 0.3) is 0 Å². The SMILES string of the molecule is COC(=O)N(CNC(=O)c1ccccc1)c1cccnc1. The third-order valence-electron chi connectivity index (χ3n) is 2.79. The van der Waals surface area contributed by atoms with Gasteiger partial charge in [0.15, 0.2) is 0 Å². The summed E-state index contributed by atoms with van der Waals surface area (Å²) >= 11 is 0. The zero-order chi connectivity index (χ0) is 15.1. The molecule has 1 aromatic heterocycles. The minimum atomic E-state index is -0.573. The Morgan fingerprint density at radius 1 is 1.19 bits per heavy atom. The number of amides is 2. The Hall–Kier alpha value is -2.89. The van der Waals surface area contributed by atoms with Crippen molar-refractivity contribution < 1.29 is 14.3 Å². The molecule has 0 aliphatic rings. The highest BCUT2D eigenvalue weighted by Gasteiger charge is 2.17. The summed E-state index contributed by atoms with van der Waals surface area (Å²) in [4.78, 5) is 29.0. The van der Waals surface area contributed by atoms with Crippen molar-refractivity contribution in [3.8, 4) is 0 Å². The molecule has 0 saturated carbocycles. The number of methoxy groups -OCH3 is 1. The zero-order valence-electron chi connectivity index (χ0n) is 11.5. The van der Waals surface area contributed by atoms with Crippen LogP contribution < -0.4 is 10.2 Å². The van der Waals surface area contributed by atoms with Gasteiger partial charge in [-0.15, -0.1) is 0 Å². The van der Waals surface area contributed by atoms with Gasteiger partial charge in [-0.3, -0.25) is 14.7 Å². The van der Waals surface area contributed by atoms with Crippen molar-refractivity contribution in [2.24, 2.45) is 0 Å². The quantitative estimate of drug-likeness (QED) is 0.873. The molecule has 2 amide bonds. The molecule has 6 nitrogen and oxygen atoms in total. The molecule has 0 aliphatic heterocycles. The van der Waals surface area contributed by atoms with E-state index in [1.807, 2.05) is 6.07 Å². The van der Waals surface area contributed by atoms with Crippen LogP contribution in [-0.2, 0) is 4.74 Å². The number of nitrogens with zero attached hydrogens (tertiary/aromatic N) is 2. The summed E-state index contributed by atoms with van der Waals surface area (Å²) in [6, 6.07) is 12.2. The molecule has 1 heterocycles. The maximum atomic E-state index is 12.0. The zero-order valence-corrected chi connectivity index (χ0v) is 11.5. The van der Waals surface area contributed by atoms with Crippen LogP contribution in [0.5, 0.6) is 0 Å². The predicted molar refractivity (Wildman–Crippen MR) is 77.9 cm³/mol. The van der Waals surface area contributed by atoms with Crippen LogP contribution in [0.4, 0.5) is 10.5 Å². The average molecular weight is 285 g/mol. The summed E-state index contributed by atoms with van der Waals surface area (Å²) in [6.45, 7) is -0.00784. The van der Waals surface area contributed by atoms with Gasteiger partial charge in [-0.25, -0.2) is 4.79 Å². The molecule has 21 heavy (non-hydrogen) atoms. The molecule has 0 atom stereocenters. The largest absolute Gasteiger partial charge is 0.452 e. The molecule has 2 rings (SSSR count). The lowest BCUT2D eigenvalue weighted by Crippen LogP contribution is -2.41. The number of anilines is 1. The molecule has 1 N–H and O–H groups in total. The Labute approximate surface area is 122 Å². The molecule has 2 aromatic rings. The van der Waals surface area contributed by atoms with Crippen LogP contribution >= 0.6 is 0 Å². The fraction of sp³-hybridized carbons (Fsp3) is 0.133. The van der Waals surface area contributed by atoms with Gasteiger partial charge in [0.2, 0.25) is 0 Å². The van der Waals surface area contributed by atoms with Crippen LogP contribution in [0, 0.1) is 0 Å². The maximum absolute atomic E-state index is 12.0. The number of aromatic nitrogens is 1. The third kappa shape index (κ3) is 3.79. The van der Waals surface area contributed by atoms with Crippen LogP contribution in [0.15, 0.2) is 54.9 Å². The molecule has 0 radical (unpaired) electrons. The van der Waals surface area contributed by atoms with Crippen molar-refractivity contribution in [1.82, 2.24) is 10.3 Å². The molecular weight excluding hydrogens is 270 g/mol. The van der Waals surface area contributed by atoms with E-state index >= 15 is 0 Å². The van der Waals surface area contributed by atoms with E-state index in [0.29, 0.717) is 11.3 Å².